The third-order valence-corrected chi connectivity index (χ3v) is 10.3. The van der Waals surface area contributed by atoms with E-state index < -0.39 is 11.0 Å². The number of fused-ring (bicyclic) bond motifs is 1. The van der Waals surface area contributed by atoms with Crippen LogP contribution in [0.2, 0.25) is 0 Å². The van der Waals surface area contributed by atoms with Crippen LogP contribution in [0.3, 0.4) is 0 Å². The minimum Gasteiger partial charge on any atom is -0.504 e. The van der Waals surface area contributed by atoms with Crippen molar-refractivity contribution in [3.8, 4) is 11.5 Å². The van der Waals surface area contributed by atoms with Gasteiger partial charge in [0.2, 0.25) is 5.91 Å². The lowest BCUT2D eigenvalue weighted by Crippen LogP contribution is -2.70. The van der Waals surface area contributed by atoms with Gasteiger partial charge in [-0.3, -0.25) is 14.6 Å². The third-order valence-electron chi connectivity index (χ3n) is 10.3. The first kappa shape index (κ1) is 24.5. The molecule has 3 saturated heterocycles. The molecule has 5 aliphatic rings. The Balaban J connectivity index is 1.38. The van der Waals surface area contributed by atoms with E-state index in [4.69, 9.17) is 4.74 Å². The number of piperidine rings is 1. The summed E-state index contributed by atoms with van der Waals surface area (Å²) < 4.78 is 6.62. The van der Waals surface area contributed by atoms with Gasteiger partial charge in [-0.1, -0.05) is 13.0 Å². The minimum absolute atomic E-state index is 0.0544. The summed E-state index contributed by atoms with van der Waals surface area (Å²) in [6.45, 7) is 13.7. The second kappa shape index (κ2) is 8.60. The fourth-order valence-electron chi connectivity index (χ4n) is 7.99. The van der Waals surface area contributed by atoms with E-state index in [9.17, 15) is 15.0 Å². The lowest BCUT2D eigenvalue weighted by Gasteiger charge is -2.57. The number of carbonyl (C=O) groups excluding carboxylic acids is 1. The molecule has 7 nitrogen and oxygen atoms in total. The lowest BCUT2D eigenvalue weighted by molar-refractivity contribution is -0.151. The molecule has 1 saturated carbocycles. The number of ether oxygens (including phenoxy) is 1. The number of nitrogens with zero attached hydrogens (tertiary/aromatic N) is 3. The van der Waals surface area contributed by atoms with Crippen molar-refractivity contribution in [3.63, 3.8) is 0 Å². The van der Waals surface area contributed by atoms with Crippen molar-refractivity contribution < 1.29 is 19.7 Å². The third kappa shape index (κ3) is 3.60. The van der Waals surface area contributed by atoms with Gasteiger partial charge in [-0.2, -0.15) is 0 Å². The van der Waals surface area contributed by atoms with Crippen molar-refractivity contribution in [3.05, 3.63) is 22.8 Å². The maximum atomic E-state index is 13.6. The van der Waals surface area contributed by atoms with E-state index in [1.165, 1.54) is 12.8 Å². The Morgan fingerprint density at radius 1 is 1.08 bits per heavy atom. The number of aromatic hydroxyl groups is 1. The highest BCUT2D eigenvalue weighted by Gasteiger charge is 2.68. The second-order valence-corrected chi connectivity index (χ2v) is 12.6. The normalized spacial score (nSPS) is 36.7. The van der Waals surface area contributed by atoms with E-state index in [0.29, 0.717) is 37.7 Å². The molecule has 36 heavy (non-hydrogen) atoms. The Morgan fingerprint density at radius 2 is 1.86 bits per heavy atom. The van der Waals surface area contributed by atoms with Gasteiger partial charge in [-0.05, 0) is 88.9 Å². The minimum atomic E-state index is -1.06. The van der Waals surface area contributed by atoms with Crippen LogP contribution >= 0.6 is 0 Å². The number of rotatable bonds is 4. The molecular formula is C29H43N3O4. The average molecular weight is 498 g/mol. The van der Waals surface area contributed by atoms with Gasteiger partial charge in [-0.25, -0.2) is 0 Å². The summed E-state index contributed by atoms with van der Waals surface area (Å²) >= 11 is 0. The topological polar surface area (TPSA) is 76.5 Å². The number of benzene rings is 1. The van der Waals surface area contributed by atoms with Gasteiger partial charge >= 0.3 is 0 Å². The van der Waals surface area contributed by atoms with Crippen LogP contribution in [-0.4, -0.2) is 94.4 Å². The van der Waals surface area contributed by atoms with Gasteiger partial charge in [0.15, 0.2) is 11.5 Å². The number of likely N-dealkylation sites (tertiary alicyclic amines) is 3. The summed E-state index contributed by atoms with van der Waals surface area (Å²) in [5.41, 5.74) is 1.13. The molecule has 5 atom stereocenters. The van der Waals surface area contributed by atoms with E-state index in [1.54, 1.807) is 0 Å². The van der Waals surface area contributed by atoms with E-state index in [0.717, 1.165) is 61.6 Å². The van der Waals surface area contributed by atoms with Crippen molar-refractivity contribution in [2.75, 3.05) is 45.8 Å². The van der Waals surface area contributed by atoms with Crippen molar-refractivity contribution in [2.24, 2.45) is 11.8 Å². The Bertz CT molecular complexity index is 1060. The molecule has 198 valence electrons. The number of carbonyl (C=O) groups is 1. The van der Waals surface area contributed by atoms with Crippen LogP contribution in [0.1, 0.15) is 62.6 Å². The summed E-state index contributed by atoms with van der Waals surface area (Å²) in [6, 6.07) is 1.97. The van der Waals surface area contributed by atoms with Crippen LogP contribution in [0.15, 0.2) is 6.07 Å². The van der Waals surface area contributed by atoms with Crippen LogP contribution in [0, 0.1) is 25.7 Å². The second-order valence-electron chi connectivity index (χ2n) is 12.6. The monoisotopic (exact) mass is 497 g/mol. The van der Waals surface area contributed by atoms with E-state index in [2.05, 4.69) is 30.6 Å². The number of phenolic OH excluding ortho intramolecular Hbond substituents is 1. The van der Waals surface area contributed by atoms with Gasteiger partial charge in [0.05, 0.1) is 24.1 Å². The molecule has 4 fully saturated rings. The summed E-state index contributed by atoms with van der Waals surface area (Å²) in [4.78, 5) is 20.2. The standard InChI is InChI=1S/C29H43N3O4/c1-18-7-10-30(14-18)17-24(33)32-12-9-29(35)21(4)31(15-22-5-6-22)11-8-28(29)23(16-32)36-27-25(28)19(2)13-20(3)26(27)34/h13,18,21-23,34-35H,5-12,14-17H2,1-4H3/t18?,21?,23-,28?,29?/m0/s1. The van der Waals surface area contributed by atoms with Crippen molar-refractivity contribution in [1.82, 2.24) is 14.7 Å². The first-order valence-corrected chi connectivity index (χ1v) is 14.1. The molecular weight excluding hydrogens is 454 g/mol. The van der Waals surface area contributed by atoms with Crippen LogP contribution < -0.4 is 4.74 Å². The Kier molecular flexibility index (Phi) is 5.86. The smallest absolute Gasteiger partial charge is 0.236 e. The molecule has 1 amide bonds. The van der Waals surface area contributed by atoms with Crippen LogP contribution in [-0.2, 0) is 10.2 Å². The van der Waals surface area contributed by atoms with Crippen LogP contribution in [0.25, 0.3) is 0 Å². The van der Waals surface area contributed by atoms with Gasteiger partial charge in [0.25, 0.3) is 0 Å². The number of phenols is 1. The molecule has 1 spiro atoms. The summed E-state index contributed by atoms with van der Waals surface area (Å²) in [7, 11) is 0. The molecule has 1 aliphatic carbocycles. The van der Waals surface area contributed by atoms with Gasteiger partial charge < -0.3 is 19.8 Å². The molecule has 4 unspecified atom stereocenters. The first-order valence-electron chi connectivity index (χ1n) is 14.1. The Labute approximate surface area is 215 Å². The van der Waals surface area contributed by atoms with Crippen LogP contribution in [0.4, 0.5) is 0 Å². The molecule has 1 aromatic carbocycles. The quantitative estimate of drug-likeness (QED) is 0.666. The molecule has 4 aliphatic heterocycles. The highest BCUT2D eigenvalue weighted by atomic mass is 16.5. The van der Waals surface area contributed by atoms with Gasteiger partial charge in [0, 0.05) is 31.2 Å². The Hall–Kier alpha value is -1.83. The number of hydrogen-bond donors (Lipinski definition) is 2. The fraction of sp³-hybridized carbons (Fsp3) is 0.759. The van der Waals surface area contributed by atoms with Crippen LogP contribution in [0.5, 0.6) is 11.5 Å². The predicted molar refractivity (Wildman–Crippen MR) is 138 cm³/mol. The maximum Gasteiger partial charge on any atom is 0.236 e. The molecule has 6 rings (SSSR count). The van der Waals surface area contributed by atoms with E-state index in [1.807, 2.05) is 17.9 Å². The lowest BCUT2D eigenvalue weighted by atomic mass is 9.56. The highest BCUT2D eigenvalue weighted by Crippen LogP contribution is 2.61. The van der Waals surface area contributed by atoms with Crippen molar-refractivity contribution >= 4 is 5.91 Å². The van der Waals surface area contributed by atoms with E-state index >= 15 is 0 Å². The summed E-state index contributed by atoms with van der Waals surface area (Å²) in [5, 5.41) is 23.9. The highest BCUT2D eigenvalue weighted by molar-refractivity contribution is 5.78. The zero-order valence-electron chi connectivity index (χ0n) is 22.4. The molecule has 0 bridgehead atoms. The van der Waals surface area contributed by atoms with Crippen molar-refractivity contribution in [1.29, 1.82) is 0 Å². The van der Waals surface area contributed by atoms with E-state index in [-0.39, 0.29) is 23.8 Å². The number of hydrogen-bond acceptors (Lipinski definition) is 6. The SMILES string of the molecule is Cc1cc(C)c2c(c1O)O[C@H]1CN(C(=O)CN3CCC(C)C3)CCC3(O)C(C)N(CC4CC4)CCC213. The largest absolute Gasteiger partial charge is 0.504 e. The molecule has 7 heteroatoms. The van der Waals surface area contributed by atoms with Gasteiger partial charge in [0.1, 0.15) is 6.10 Å². The number of amides is 1. The zero-order valence-corrected chi connectivity index (χ0v) is 22.4. The first-order chi connectivity index (χ1) is 17.1. The molecule has 4 heterocycles. The van der Waals surface area contributed by atoms with Gasteiger partial charge in [-0.15, -0.1) is 0 Å². The van der Waals surface area contributed by atoms with Crippen molar-refractivity contribution in [2.45, 2.75) is 83.0 Å². The number of aryl methyl sites for hydroxylation is 2. The molecule has 0 aromatic heterocycles. The zero-order chi connectivity index (χ0) is 25.4. The Morgan fingerprint density at radius 3 is 2.56 bits per heavy atom. The molecule has 1 aromatic rings. The maximum absolute atomic E-state index is 13.6. The molecule has 2 N–H and O–H groups in total. The average Bonchev–Trinajstić information content (AvgIpc) is 3.49. The molecule has 0 radical (unpaired) electrons. The fourth-order valence-corrected chi connectivity index (χ4v) is 7.99. The summed E-state index contributed by atoms with van der Waals surface area (Å²) in [6.07, 6.45) is 4.62. The number of aliphatic hydroxyl groups is 1. The predicted octanol–water partition coefficient (Wildman–Crippen LogP) is 2.82. The summed E-state index contributed by atoms with van der Waals surface area (Å²) in [5.74, 6) is 2.21.